The van der Waals surface area contributed by atoms with Crippen LogP contribution in [0.1, 0.15) is 48.4 Å². The van der Waals surface area contributed by atoms with Crippen LogP contribution in [0.3, 0.4) is 0 Å². The second kappa shape index (κ2) is 6.71. The fourth-order valence-corrected chi connectivity index (χ4v) is 2.80. The van der Waals surface area contributed by atoms with Gasteiger partial charge in [0.1, 0.15) is 11.7 Å². The average Bonchev–Trinajstić information content (AvgIpc) is 2.83. The second-order valence-corrected chi connectivity index (χ2v) is 7.27. The molecule has 0 bridgehead atoms. The van der Waals surface area contributed by atoms with E-state index in [4.69, 9.17) is 15.2 Å². The summed E-state index contributed by atoms with van der Waals surface area (Å²) in [7, 11) is 0. The number of carbonyl (C=O) groups excluding carboxylic acids is 2. The number of amides is 1. The third-order valence-electron chi connectivity index (χ3n) is 3.91. The van der Waals surface area contributed by atoms with Crippen molar-refractivity contribution in [2.75, 3.05) is 11.1 Å². The minimum atomic E-state index is -0.548. The lowest BCUT2D eigenvalue weighted by Gasteiger charge is -2.19. The highest BCUT2D eigenvalue weighted by Gasteiger charge is 2.31. The summed E-state index contributed by atoms with van der Waals surface area (Å²) >= 11 is 0. The summed E-state index contributed by atoms with van der Waals surface area (Å²) in [5.41, 5.74) is 8.73. The molecule has 136 valence electrons. The van der Waals surface area contributed by atoms with Crippen molar-refractivity contribution in [1.29, 1.82) is 0 Å². The number of cyclic esters (lactones) is 1. The maximum atomic E-state index is 12.0. The number of nitrogens with one attached hydrogen (secondary N) is 1. The molecule has 0 aromatic heterocycles. The van der Waals surface area contributed by atoms with E-state index in [1.165, 1.54) is 0 Å². The van der Waals surface area contributed by atoms with Crippen LogP contribution in [0.25, 0.3) is 0 Å². The highest BCUT2D eigenvalue weighted by atomic mass is 16.6. The second-order valence-electron chi connectivity index (χ2n) is 7.27. The molecule has 3 N–H and O–H groups in total. The first-order valence-corrected chi connectivity index (χ1v) is 8.40. The zero-order chi connectivity index (χ0) is 18.9. The van der Waals surface area contributed by atoms with Gasteiger partial charge in [-0.15, -0.1) is 0 Å². The van der Waals surface area contributed by atoms with E-state index >= 15 is 0 Å². The topological polar surface area (TPSA) is 90.6 Å². The standard InChI is InChI=1S/C20H22N2O4/c1-20(2,3)26-19(24)22-14-7-4-12(5-8-14)10-17-15-9-6-13(21)11-16(15)18(23)25-17/h4-9,11,17H,10,21H2,1-3H3,(H,22,24). The maximum absolute atomic E-state index is 12.0. The molecule has 0 radical (unpaired) electrons. The summed E-state index contributed by atoms with van der Waals surface area (Å²) < 4.78 is 10.7. The van der Waals surface area contributed by atoms with Crippen LogP contribution < -0.4 is 11.1 Å². The Balaban J connectivity index is 1.66. The van der Waals surface area contributed by atoms with Crippen molar-refractivity contribution in [3.05, 3.63) is 59.2 Å². The third-order valence-corrected chi connectivity index (χ3v) is 3.91. The van der Waals surface area contributed by atoms with Crippen LogP contribution in [0, 0.1) is 0 Å². The number of fused-ring (bicyclic) bond motifs is 1. The molecule has 1 heterocycles. The molecule has 1 aliphatic rings. The van der Waals surface area contributed by atoms with Gasteiger partial charge < -0.3 is 15.2 Å². The number of nitrogens with two attached hydrogens (primary N) is 1. The first-order chi connectivity index (χ1) is 12.2. The van der Waals surface area contributed by atoms with Crippen molar-refractivity contribution in [2.24, 2.45) is 0 Å². The number of rotatable bonds is 3. The predicted octanol–water partition coefficient (Wildman–Crippen LogP) is 4.07. The molecule has 1 aliphatic heterocycles. The van der Waals surface area contributed by atoms with Gasteiger partial charge in [0.25, 0.3) is 0 Å². The molecule has 0 saturated heterocycles. The smallest absolute Gasteiger partial charge is 0.412 e. The van der Waals surface area contributed by atoms with E-state index in [0.717, 1.165) is 11.1 Å². The number of esters is 1. The normalized spacial score (nSPS) is 16.0. The Hall–Kier alpha value is -3.02. The van der Waals surface area contributed by atoms with Crippen LogP contribution in [0.5, 0.6) is 0 Å². The number of carbonyl (C=O) groups is 2. The van der Waals surface area contributed by atoms with Gasteiger partial charge in [0.15, 0.2) is 0 Å². The van der Waals surface area contributed by atoms with Gasteiger partial charge >= 0.3 is 12.1 Å². The van der Waals surface area contributed by atoms with Crippen LogP contribution in [-0.2, 0) is 15.9 Å². The summed E-state index contributed by atoms with van der Waals surface area (Å²) in [5.74, 6) is -0.347. The number of nitrogen functional groups attached to an aromatic ring is 1. The SMILES string of the molecule is CC(C)(C)OC(=O)Nc1ccc(CC2OC(=O)c3cc(N)ccc32)cc1. The van der Waals surface area contributed by atoms with E-state index in [1.807, 2.05) is 39.0 Å². The lowest BCUT2D eigenvalue weighted by molar-refractivity contribution is 0.0386. The largest absolute Gasteiger partial charge is 0.454 e. The van der Waals surface area contributed by atoms with Crippen LogP contribution in [0.2, 0.25) is 0 Å². The first-order valence-electron chi connectivity index (χ1n) is 8.40. The van der Waals surface area contributed by atoms with E-state index in [0.29, 0.717) is 23.4 Å². The molecule has 1 amide bonds. The van der Waals surface area contributed by atoms with Gasteiger partial charge in [-0.25, -0.2) is 9.59 Å². The Morgan fingerprint density at radius 2 is 1.88 bits per heavy atom. The van der Waals surface area contributed by atoms with Crippen molar-refractivity contribution in [2.45, 2.75) is 38.9 Å². The molecule has 26 heavy (non-hydrogen) atoms. The molecule has 6 nitrogen and oxygen atoms in total. The molecular weight excluding hydrogens is 332 g/mol. The Morgan fingerprint density at radius 1 is 1.19 bits per heavy atom. The third kappa shape index (κ3) is 4.14. The van der Waals surface area contributed by atoms with Crippen molar-refractivity contribution in [1.82, 2.24) is 0 Å². The Bertz CT molecular complexity index is 838. The fourth-order valence-electron chi connectivity index (χ4n) is 2.80. The van der Waals surface area contributed by atoms with Crippen molar-refractivity contribution < 1.29 is 19.1 Å². The number of ether oxygens (including phenoxy) is 2. The zero-order valence-corrected chi connectivity index (χ0v) is 15.0. The molecular formula is C20H22N2O4. The molecule has 2 aromatic carbocycles. The summed E-state index contributed by atoms with van der Waals surface area (Å²) in [6, 6.07) is 12.6. The quantitative estimate of drug-likeness (QED) is 0.640. The van der Waals surface area contributed by atoms with Crippen molar-refractivity contribution >= 4 is 23.4 Å². The molecule has 0 spiro atoms. The highest BCUT2D eigenvalue weighted by molar-refractivity contribution is 5.95. The molecule has 1 atom stereocenters. The van der Waals surface area contributed by atoms with Crippen LogP contribution >= 0.6 is 0 Å². The number of hydrogen-bond acceptors (Lipinski definition) is 5. The average molecular weight is 354 g/mol. The molecule has 3 rings (SSSR count). The minimum absolute atomic E-state index is 0.331. The zero-order valence-electron chi connectivity index (χ0n) is 15.0. The van der Waals surface area contributed by atoms with Gasteiger partial charge in [-0.05, 0) is 50.6 Å². The van der Waals surface area contributed by atoms with E-state index < -0.39 is 11.7 Å². The molecule has 6 heteroatoms. The number of hydrogen-bond donors (Lipinski definition) is 2. The Kier molecular flexibility index (Phi) is 4.59. The highest BCUT2D eigenvalue weighted by Crippen LogP contribution is 2.34. The van der Waals surface area contributed by atoms with Crippen LogP contribution in [0.4, 0.5) is 16.2 Å². The van der Waals surface area contributed by atoms with E-state index in [9.17, 15) is 9.59 Å². The number of anilines is 2. The predicted molar refractivity (Wildman–Crippen MR) is 99.0 cm³/mol. The van der Waals surface area contributed by atoms with E-state index in [1.54, 1.807) is 24.3 Å². The minimum Gasteiger partial charge on any atom is -0.454 e. The molecule has 0 aliphatic carbocycles. The first kappa shape index (κ1) is 17.8. The molecule has 0 saturated carbocycles. The summed E-state index contributed by atoms with van der Waals surface area (Å²) in [4.78, 5) is 23.8. The number of benzene rings is 2. The van der Waals surface area contributed by atoms with Gasteiger partial charge in [-0.2, -0.15) is 0 Å². The van der Waals surface area contributed by atoms with Gasteiger partial charge in [0.2, 0.25) is 0 Å². The lowest BCUT2D eigenvalue weighted by atomic mass is 9.99. The van der Waals surface area contributed by atoms with Crippen molar-refractivity contribution in [3.8, 4) is 0 Å². The summed E-state index contributed by atoms with van der Waals surface area (Å²) in [6.07, 6.45) is -0.278. The fraction of sp³-hybridized carbons (Fsp3) is 0.300. The van der Waals surface area contributed by atoms with Gasteiger partial charge in [0.05, 0.1) is 5.56 Å². The maximum Gasteiger partial charge on any atom is 0.412 e. The van der Waals surface area contributed by atoms with E-state index in [2.05, 4.69) is 5.32 Å². The molecule has 0 fully saturated rings. The van der Waals surface area contributed by atoms with E-state index in [-0.39, 0.29) is 12.1 Å². The Morgan fingerprint density at radius 3 is 2.54 bits per heavy atom. The van der Waals surface area contributed by atoms with Crippen LogP contribution in [-0.4, -0.2) is 17.7 Å². The summed E-state index contributed by atoms with van der Waals surface area (Å²) in [5, 5.41) is 2.69. The molecule has 1 unspecified atom stereocenters. The lowest BCUT2D eigenvalue weighted by Crippen LogP contribution is -2.27. The van der Waals surface area contributed by atoms with Gasteiger partial charge in [-0.1, -0.05) is 18.2 Å². The monoisotopic (exact) mass is 354 g/mol. The van der Waals surface area contributed by atoms with Gasteiger partial charge in [-0.3, -0.25) is 5.32 Å². The molecule has 2 aromatic rings. The van der Waals surface area contributed by atoms with Gasteiger partial charge in [0, 0.05) is 23.4 Å². The van der Waals surface area contributed by atoms with Crippen LogP contribution in [0.15, 0.2) is 42.5 Å². The van der Waals surface area contributed by atoms with Crippen molar-refractivity contribution in [3.63, 3.8) is 0 Å². The Labute approximate surface area is 152 Å². The summed E-state index contributed by atoms with van der Waals surface area (Å²) in [6.45, 7) is 5.43.